The molecular formula is C8H8Cl2N2O3. The summed E-state index contributed by atoms with van der Waals surface area (Å²) in [5, 5.41) is 10.8. The Morgan fingerprint density at radius 3 is 2.73 bits per heavy atom. The summed E-state index contributed by atoms with van der Waals surface area (Å²) in [6, 6.07) is 2.47. The summed E-state index contributed by atoms with van der Waals surface area (Å²) >= 11 is 11.1. The molecule has 0 bridgehead atoms. The largest absolute Gasteiger partial charge is 0.485 e. The van der Waals surface area contributed by atoms with Crippen molar-refractivity contribution in [1.29, 1.82) is 0 Å². The van der Waals surface area contributed by atoms with Gasteiger partial charge in [0.2, 0.25) is 0 Å². The van der Waals surface area contributed by atoms with Crippen LogP contribution in [-0.4, -0.2) is 17.4 Å². The van der Waals surface area contributed by atoms with Crippen molar-refractivity contribution in [2.75, 3.05) is 18.2 Å². The summed E-state index contributed by atoms with van der Waals surface area (Å²) < 4.78 is 5.07. The molecule has 1 rings (SSSR count). The highest BCUT2D eigenvalue weighted by Crippen LogP contribution is 2.34. The van der Waals surface area contributed by atoms with Crippen LogP contribution in [0.3, 0.4) is 0 Å². The third-order valence-electron chi connectivity index (χ3n) is 1.61. The Morgan fingerprint density at radius 2 is 2.20 bits per heavy atom. The van der Waals surface area contributed by atoms with Gasteiger partial charge < -0.3 is 10.5 Å². The Labute approximate surface area is 95.9 Å². The number of nitro groups is 1. The molecule has 0 saturated heterocycles. The van der Waals surface area contributed by atoms with Gasteiger partial charge in [0.25, 0.3) is 0 Å². The fourth-order valence-corrected chi connectivity index (χ4v) is 1.20. The van der Waals surface area contributed by atoms with Crippen LogP contribution in [0, 0.1) is 10.1 Å². The van der Waals surface area contributed by atoms with E-state index in [-0.39, 0.29) is 34.6 Å². The Bertz CT molecular complexity index is 384. The predicted octanol–water partition coefficient (Wildman–Crippen LogP) is 2.45. The number of ether oxygens (including phenoxy) is 1. The minimum atomic E-state index is -0.588. The minimum Gasteiger partial charge on any atom is -0.485 e. The Hall–Kier alpha value is -1.20. The van der Waals surface area contributed by atoms with Gasteiger partial charge in [0.15, 0.2) is 5.75 Å². The van der Waals surface area contributed by atoms with Crippen LogP contribution in [0.4, 0.5) is 11.4 Å². The maximum atomic E-state index is 10.6. The van der Waals surface area contributed by atoms with Gasteiger partial charge in [0.1, 0.15) is 6.61 Å². The molecule has 0 saturated carbocycles. The number of anilines is 1. The third-order valence-corrected chi connectivity index (χ3v) is 2.09. The number of nitrogens with two attached hydrogens (primary N) is 1. The smallest absolute Gasteiger partial charge is 0.312 e. The van der Waals surface area contributed by atoms with Gasteiger partial charge in [0.05, 0.1) is 21.5 Å². The van der Waals surface area contributed by atoms with Crippen molar-refractivity contribution in [3.05, 3.63) is 27.3 Å². The molecular weight excluding hydrogens is 243 g/mol. The lowest BCUT2D eigenvalue weighted by molar-refractivity contribution is -0.385. The lowest BCUT2D eigenvalue weighted by atomic mass is 10.2. The van der Waals surface area contributed by atoms with Crippen LogP contribution >= 0.6 is 23.2 Å². The van der Waals surface area contributed by atoms with Crippen molar-refractivity contribution >= 4 is 34.6 Å². The van der Waals surface area contributed by atoms with E-state index >= 15 is 0 Å². The number of hydrogen-bond acceptors (Lipinski definition) is 4. The highest BCUT2D eigenvalue weighted by molar-refractivity contribution is 6.33. The maximum Gasteiger partial charge on any atom is 0.312 e. The van der Waals surface area contributed by atoms with Crippen molar-refractivity contribution in [1.82, 2.24) is 0 Å². The van der Waals surface area contributed by atoms with Gasteiger partial charge in [-0.15, -0.1) is 11.6 Å². The number of nitro benzene ring substituents is 1. The average molecular weight is 251 g/mol. The number of nitrogens with zero attached hydrogens (tertiary/aromatic N) is 1. The van der Waals surface area contributed by atoms with Crippen molar-refractivity contribution < 1.29 is 9.66 Å². The molecule has 0 aliphatic rings. The van der Waals surface area contributed by atoms with Crippen LogP contribution in [0.25, 0.3) is 0 Å². The van der Waals surface area contributed by atoms with Crippen LogP contribution in [0.1, 0.15) is 0 Å². The first-order chi connectivity index (χ1) is 7.06. The lowest BCUT2D eigenvalue weighted by Crippen LogP contribution is -2.02. The molecule has 0 amide bonds. The second-order valence-electron chi connectivity index (χ2n) is 2.64. The van der Waals surface area contributed by atoms with Crippen LogP contribution in [-0.2, 0) is 0 Å². The van der Waals surface area contributed by atoms with Crippen LogP contribution < -0.4 is 10.5 Å². The van der Waals surface area contributed by atoms with E-state index in [2.05, 4.69) is 0 Å². The van der Waals surface area contributed by atoms with E-state index in [1.54, 1.807) is 0 Å². The summed E-state index contributed by atoms with van der Waals surface area (Å²) in [6.07, 6.45) is 0. The molecule has 0 radical (unpaired) electrons. The lowest BCUT2D eigenvalue weighted by Gasteiger charge is -2.06. The maximum absolute atomic E-state index is 10.6. The van der Waals surface area contributed by atoms with E-state index in [0.717, 1.165) is 6.07 Å². The minimum absolute atomic E-state index is 0.0718. The third kappa shape index (κ3) is 2.87. The van der Waals surface area contributed by atoms with E-state index < -0.39 is 4.92 Å². The summed E-state index contributed by atoms with van der Waals surface area (Å²) in [4.78, 5) is 10.1. The van der Waals surface area contributed by atoms with E-state index in [0.29, 0.717) is 0 Å². The molecule has 82 valence electrons. The Balaban J connectivity index is 3.10. The first-order valence-electron chi connectivity index (χ1n) is 3.98. The molecule has 1 aromatic carbocycles. The summed E-state index contributed by atoms with van der Waals surface area (Å²) in [5.41, 5.74) is 5.50. The van der Waals surface area contributed by atoms with Gasteiger partial charge >= 0.3 is 5.69 Å². The SMILES string of the molecule is Nc1cc(OCCCl)c([N+](=O)[O-])cc1Cl. The molecule has 0 fully saturated rings. The van der Waals surface area contributed by atoms with Crippen molar-refractivity contribution in [2.45, 2.75) is 0 Å². The zero-order valence-electron chi connectivity index (χ0n) is 7.57. The van der Waals surface area contributed by atoms with Crippen LogP contribution in [0.2, 0.25) is 5.02 Å². The van der Waals surface area contributed by atoms with Gasteiger partial charge in [-0.25, -0.2) is 0 Å². The van der Waals surface area contributed by atoms with Gasteiger partial charge in [-0.2, -0.15) is 0 Å². The van der Waals surface area contributed by atoms with E-state index in [4.69, 9.17) is 33.7 Å². The molecule has 7 heteroatoms. The number of rotatable bonds is 4. The summed E-state index contributed by atoms with van der Waals surface area (Å²) in [5.74, 6) is 0.308. The van der Waals surface area contributed by atoms with Crippen molar-refractivity contribution in [2.24, 2.45) is 0 Å². The van der Waals surface area contributed by atoms with E-state index in [9.17, 15) is 10.1 Å². The Morgan fingerprint density at radius 1 is 1.53 bits per heavy atom. The number of alkyl halides is 1. The molecule has 0 atom stereocenters. The normalized spacial score (nSPS) is 10.0. The first-order valence-corrected chi connectivity index (χ1v) is 4.89. The summed E-state index contributed by atoms with van der Waals surface area (Å²) in [7, 11) is 0. The zero-order chi connectivity index (χ0) is 11.4. The molecule has 2 N–H and O–H groups in total. The van der Waals surface area contributed by atoms with Gasteiger partial charge in [-0.05, 0) is 0 Å². The number of nitrogen functional groups attached to an aromatic ring is 1. The van der Waals surface area contributed by atoms with E-state index in [1.807, 2.05) is 0 Å². The molecule has 0 aromatic heterocycles. The molecule has 1 aromatic rings. The molecule has 5 nitrogen and oxygen atoms in total. The monoisotopic (exact) mass is 250 g/mol. The van der Waals surface area contributed by atoms with Gasteiger partial charge in [-0.3, -0.25) is 10.1 Å². The van der Waals surface area contributed by atoms with Crippen molar-refractivity contribution in [3.8, 4) is 5.75 Å². The quantitative estimate of drug-likeness (QED) is 0.386. The average Bonchev–Trinajstić information content (AvgIpc) is 2.19. The number of hydrogen-bond donors (Lipinski definition) is 1. The Kier molecular flexibility index (Phi) is 3.99. The predicted molar refractivity (Wildman–Crippen MR) is 58.7 cm³/mol. The standard InChI is InChI=1S/C8H8Cl2N2O3/c9-1-2-15-8-4-6(11)5(10)3-7(8)12(13)14/h3-4H,1-2,11H2. The molecule has 0 aliphatic heterocycles. The highest BCUT2D eigenvalue weighted by Gasteiger charge is 2.17. The van der Waals surface area contributed by atoms with Gasteiger partial charge in [0, 0.05) is 12.1 Å². The zero-order valence-corrected chi connectivity index (χ0v) is 9.09. The van der Waals surface area contributed by atoms with Gasteiger partial charge in [-0.1, -0.05) is 11.6 Å². The molecule has 0 unspecified atom stereocenters. The molecule has 15 heavy (non-hydrogen) atoms. The number of halogens is 2. The molecule has 0 spiro atoms. The summed E-state index contributed by atoms with van der Waals surface area (Å²) in [6.45, 7) is 0.170. The van der Waals surface area contributed by atoms with Crippen LogP contribution in [0.5, 0.6) is 5.75 Å². The fraction of sp³-hybridized carbons (Fsp3) is 0.250. The van der Waals surface area contributed by atoms with Crippen LogP contribution in [0.15, 0.2) is 12.1 Å². The molecule has 0 heterocycles. The number of benzene rings is 1. The second kappa shape index (κ2) is 5.04. The molecule has 0 aliphatic carbocycles. The topological polar surface area (TPSA) is 78.4 Å². The second-order valence-corrected chi connectivity index (χ2v) is 3.42. The van der Waals surface area contributed by atoms with Crippen molar-refractivity contribution in [3.63, 3.8) is 0 Å². The fourth-order valence-electron chi connectivity index (χ4n) is 0.965. The highest BCUT2D eigenvalue weighted by atomic mass is 35.5. The van der Waals surface area contributed by atoms with E-state index in [1.165, 1.54) is 6.07 Å². The first kappa shape index (κ1) is 11.9.